The topological polar surface area (TPSA) is 83.3 Å². The molecule has 0 unspecified atom stereocenters. The Morgan fingerprint density at radius 3 is 3.00 bits per heavy atom. The number of hydrogen-bond acceptors (Lipinski definition) is 3. The Kier molecular flexibility index (Phi) is 1.85. The van der Waals surface area contributed by atoms with Gasteiger partial charge in [-0.15, -0.1) is 0 Å². The van der Waals surface area contributed by atoms with Gasteiger partial charge in [0, 0.05) is 0 Å². The molecule has 0 spiro atoms. The number of para-hydroxylation sites is 1. The van der Waals surface area contributed by atoms with Crippen LogP contribution in [0.2, 0.25) is 0 Å². The molecule has 0 bridgehead atoms. The summed E-state index contributed by atoms with van der Waals surface area (Å²) in [5.74, 6) is -0.945. The number of carboxylic acid groups (broad SMARTS) is 1. The number of carbonyl (C=O) groups is 1. The van der Waals surface area contributed by atoms with Gasteiger partial charge in [-0.25, -0.2) is 9.95 Å². The zero-order valence-corrected chi connectivity index (χ0v) is 7.11. The van der Waals surface area contributed by atoms with Crippen molar-refractivity contribution < 1.29 is 14.4 Å². The number of H-pyrrole nitrogens is 1. The molecule has 14 heavy (non-hydrogen) atoms. The van der Waals surface area contributed by atoms with Crippen LogP contribution < -0.4 is 5.63 Å². The van der Waals surface area contributed by atoms with Crippen LogP contribution in [0.3, 0.4) is 0 Å². The molecular weight excluding hydrogens is 186 g/mol. The molecule has 0 aliphatic carbocycles. The molecule has 0 amide bonds. The van der Waals surface area contributed by atoms with Crippen LogP contribution in [0.5, 0.6) is 0 Å². The van der Waals surface area contributed by atoms with Crippen molar-refractivity contribution in [2.45, 2.75) is 6.42 Å². The summed E-state index contributed by atoms with van der Waals surface area (Å²) in [5.41, 5.74) is 0.521. The summed E-state index contributed by atoms with van der Waals surface area (Å²) < 4.78 is 4.56. The average Bonchev–Trinajstić information content (AvgIpc) is 2.49. The normalized spacial score (nSPS) is 10.6. The lowest BCUT2D eigenvalue weighted by Crippen LogP contribution is -2.01. The first kappa shape index (κ1) is 8.55. The Hall–Kier alpha value is -2.04. The number of benzene rings is 1. The van der Waals surface area contributed by atoms with Gasteiger partial charge in [-0.2, -0.15) is 0 Å². The quantitative estimate of drug-likeness (QED) is 0.737. The molecule has 0 atom stereocenters. The molecule has 2 N–H and O–H groups in total. The first-order valence-corrected chi connectivity index (χ1v) is 3.99. The zero-order chi connectivity index (χ0) is 10.1. The van der Waals surface area contributed by atoms with E-state index >= 15 is 0 Å². The number of rotatable bonds is 2. The van der Waals surface area contributed by atoms with Crippen molar-refractivity contribution in [1.29, 1.82) is 0 Å². The summed E-state index contributed by atoms with van der Waals surface area (Å²) in [6, 6.07) is 4.86. The number of nitrogens with one attached hydrogen (secondary N) is 1. The second kappa shape index (κ2) is 3.02. The number of aromatic nitrogens is 1. The number of hydrogen-bond donors (Lipinski definition) is 2. The molecule has 1 aromatic carbocycles. The highest BCUT2D eigenvalue weighted by atomic mass is 16.5. The summed E-state index contributed by atoms with van der Waals surface area (Å²) in [6.07, 6.45) is -0.132. The average molecular weight is 193 g/mol. The Morgan fingerprint density at radius 2 is 2.29 bits per heavy atom. The van der Waals surface area contributed by atoms with Gasteiger partial charge >= 0.3 is 11.6 Å². The van der Waals surface area contributed by atoms with Gasteiger partial charge in [0.2, 0.25) is 0 Å². The van der Waals surface area contributed by atoms with Crippen molar-refractivity contribution in [3.05, 3.63) is 34.2 Å². The van der Waals surface area contributed by atoms with Gasteiger partial charge < -0.3 is 9.63 Å². The van der Waals surface area contributed by atoms with Crippen molar-refractivity contribution in [2.75, 3.05) is 0 Å². The molecule has 5 heteroatoms. The van der Waals surface area contributed by atoms with Crippen molar-refractivity contribution in [1.82, 2.24) is 5.16 Å². The first-order chi connectivity index (χ1) is 6.68. The minimum atomic E-state index is -0.945. The molecule has 0 fully saturated rings. The van der Waals surface area contributed by atoms with Gasteiger partial charge in [0.25, 0.3) is 0 Å². The zero-order valence-electron chi connectivity index (χ0n) is 7.11. The predicted octanol–water partition coefficient (Wildman–Crippen LogP) is 0.748. The van der Waals surface area contributed by atoms with Crippen LogP contribution in [0.1, 0.15) is 5.56 Å². The molecular formula is C9H7NO4. The van der Waals surface area contributed by atoms with E-state index < -0.39 is 11.6 Å². The van der Waals surface area contributed by atoms with E-state index in [1.54, 1.807) is 18.2 Å². The molecule has 5 nitrogen and oxygen atoms in total. The molecule has 2 aromatic rings. The molecule has 0 saturated carbocycles. The lowest BCUT2D eigenvalue weighted by atomic mass is 10.1. The molecule has 2 rings (SSSR count). The highest BCUT2D eigenvalue weighted by molar-refractivity contribution is 5.84. The maximum Gasteiger partial charge on any atom is 0.365 e. The SMILES string of the molecule is O=C(O)Cc1cccc2c(=O)o[nH]c12. The Labute approximate surface area is 77.9 Å². The summed E-state index contributed by atoms with van der Waals surface area (Å²) >= 11 is 0. The first-order valence-electron chi connectivity index (χ1n) is 3.99. The van der Waals surface area contributed by atoms with Crippen LogP contribution >= 0.6 is 0 Å². The van der Waals surface area contributed by atoms with Gasteiger partial charge in [0.15, 0.2) is 0 Å². The fourth-order valence-corrected chi connectivity index (χ4v) is 1.35. The van der Waals surface area contributed by atoms with Gasteiger partial charge in [0.05, 0.1) is 17.3 Å². The number of carboxylic acids is 1. The Morgan fingerprint density at radius 1 is 1.50 bits per heavy atom. The van der Waals surface area contributed by atoms with Gasteiger partial charge in [-0.1, -0.05) is 12.1 Å². The third kappa shape index (κ3) is 1.28. The van der Waals surface area contributed by atoms with Crippen LogP contribution in [-0.4, -0.2) is 16.2 Å². The summed E-state index contributed by atoms with van der Waals surface area (Å²) in [6.45, 7) is 0. The van der Waals surface area contributed by atoms with E-state index in [1.165, 1.54) is 0 Å². The van der Waals surface area contributed by atoms with E-state index in [9.17, 15) is 9.59 Å². The number of aromatic amines is 1. The maximum absolute atomic E-state index is 11.1. The van der Waals surface area contributed by atoms with Gasteiger partial charge in [-0.05, 0) is 11.6 Å². The fraction of sp³-hybridized carbons (Fsp3) is 0.111. The predicted molar refractivity (Wildman–Crippen MR) is 48.2 cm³/mol. The Bertz CT molecular complexity index is 537. The number of aliphatic carboxylic acids is 1. The van der Waals surface area contributed by atoms with E-state index in [4.69, 9.17) is 5.11 Å². The lowest BCUT2D eigenvalue weighted by molar-refractivity contribution is -0.136. The van der Waals surface area contributed by atoms with Crippen molar-refractivity contribution >= 4 is 16.9 Å². The van der Waals surface area contributed by atoms with E-state index in [-0.39, 0.29) is 6.42 Å². The van der Waals surface area contributed by atoms with E-state index in [0.717, 1.165) is 0 Å². The van der Waals surface area contributed by atoms with Crippen LogP contribution in [0.25, 0.3) is 10.9 Å². The smallest absolute Gasteiger partial charge is 0.365 e. The van der Waals surface area contributed by atoms with Crippen LogP contribution in [0.15, 0.2) is 27.5 Å². The minimum absolute atomic E-state index is 0.132. The lowest BCUT2D eigenvalue weighted by Gasteiger charge is -1.96. The van der Waals surface area contributed by atoms with Crippen LogP contribution in [-0.2, 0) is 11.2 Å². The van der Waals surface area contributed by atoms with Crippen molar-refractivity contribution in [2.24, 2.45) is 0 Å². The van der Waals surface area contributed by atoms with E-state index in [0.29, 0.717) is 16.5 Å². The van der Waals surface area contributed by atoms with E-state index in [2.05, 4.69) is 9.68 Å². The van der Waals surface area contributed by atoms with Crippen molar-refractivity contribution in [3.8, 4) is 0 Å². The van der Waals surface area contributed by atoms with Crippen LogP contribution in [0.4, 0.5) is 0 Å². The highest BCUT2D eigenvalue weighted by Crippen LogP contribution is 2.13. The molecule has 1 heterocycles. The fourth-order valence-electron chi connectivity index (χ4n) is 1.35. The minimum Gasteiger partial charge on any atom is -0.481 e. The summed E-state index contributed by atoms with van der Waals surface area (Å²) in [5, 5.41) is 11.4. The number of fused-ring (bicyclic) bond motifs is 1. The second-order valence-electron chi connectivity index (χ2n) is 2.90. The van der Waals surface area contributed by atoms with Crippen molar-refractivity contribution in [3.63, 3.8) is 0 Å². The Balaban J connectivity index is 2.65. The highest BCUT2D eigenvalue weighted by Gasteiger charge is 2.09. The largest absolute Gasteiger partial charge is 0.481 e. The third-order valence-corrected chi connectivity index (χ3v) is 1.96. The van der Waals surface area contributed by atoms with Gasteiger partial charge in [0.1, 0.15) is 0 Å². The molecule has 1 aromatic heterocycles. The molecule has 72 valence electrons. The second-order valence-corrected chi connectivity index (χ2v) is 2.90. The summed E-state index contributed by atoms with van der Waals surface area (Å²) in [7, 11) is 0. The molecule has 0 radical (unpaired) electrons. The maximum atomic E-state index is 11.1. The molecule has 0 saturated heterocycles. The van der Waals surface area contributed by atoms with E-state index in [1.807, 2.05) is 0 Å². The monoisotopic (exact) mass is 193 g/mol. The van der Waals surface area contributed by atoms with Gasteiger partial charge in [-0.3, -0.25) is 4.79 Å². The molecule has 0 aliphatic heterocycles. The standard InChI is InChI=1S/C9H7NO4/c11-7(12)4-5-2-1-3-6-8(5)10-14-9(6)13/h1-3,10H,4H2,(H,11,12). The third-order valence-electron chi connectivity index (χ3n) is 1.96. The summed E-state index contributed by atoms with van der Waals surface area (Å²) in [4.78, 5) is 21.6. The molecule has 0 aliphatic rings. The van der Waals surface area contributed by atoms with Crippen LogP contribution in [0, 0.1) is 0 Å².